The zero-order valence-electron chi connectivity index (χ0n) is 11.1. The van der Waals surface area contributed by atoms with Crippen molar-refractivity contribution in [3.63, 3.8) is 0 Å². The second kappa shape index (κ2) is 5.73. The van der Waals surface area contributed by atoms with Crippen LogP contribution in [0.15, 0.2) is 47.4 Å². The molecule has 0 unspecified atom stereocenters. The van der Waals surface area contributed by atoms with E-state index in [0.717, 1.165) is 5.69 Å². The number of aryl methyl sites for hydroxylation is 1. The molecule has 0 spiro atoms. The standard InChI is InChI=1S/C14H15ClN2O2S/c1-10-3-4-11(15)9-14(10)20(18,19)17-13-7-5-12(16-2)6-8-13/h3-9,16-17H,1-2H3. The molecule has 0 aliphatic rings. The zero-order valence-corrected chi connectivity index (χ0v) is 12.7. The summed E-state index contributed by atoms with van der Waals surface area (Å²) >= 11 is 5.86. The van der Waals surface area contributed by atoms with Crippen molar-refractivity contribution < 1.29 is 8.42 Å². The van der Waals surface area contributed by atoms with Crippen LogP contribution >= 0.6 is 11.6 Å². The lowest BCUT2D eigenvalue weighted by atomic mass is 10.2. The second-order valence-corrected chi connectivity index (χ2v) is 6.43. The Hall–Kier alpha value is -1.72. The first-order valence-electron chi connectivity index (χ1n) is 5.99. The monoisotopic (exact) mass is 310 g/mol. The third-order valence-electron chi connectivity index (χ3n) is 2.87. The van der Waals surface area contributed by atoms with Crippen LogP contribution in [-0.4, -0.2) is 15.5 Å². The van der Waals surface area contributed by atoms with Crippen molar-refractivity contribution in [3.8, 4) is 0 Å². The molecule has 0 aliphatic carbocycles. The summed E-state index contributed by atoms with van der Waals surface area (Å²) in [6.45, 7) is 1.73. The highest BCUT2D eigenvalue weighted by Crippen LogP contribution is 2.23. The third kappa shape index (κ3) is 3.23. The highest BCUT2D eigenvalue weighted by Gasteiger charge is 2.17. The Kier molecular flexibility index (Phi) is 4.20. The summed E-state index contributed by atoms with van der Waals surface area (Å²) < 4.78 is 27.2. The Morgan fingerprint density at radius 2 is 1.60 bits per heavy atom. The van der Waals surface area contributed by atoms with Gasteiger partial charge in [0.15, 0.2) is 0 Å². The lowest BCUT2D eigenvalue weighted by Gasteiger charge is -2.11. The first kappa shape index (κ1) is 14.7. The van der Waals surface area contributed by atoms with E-state index in [2.05, 4.69) is 10.0 Å². The Balaban J connectivity index is 2.32. The van der Waals surface area contributed by atoms with Gasteiger partial charge in [-0.3, -0.25) is 4.72 Å². The molecule has 2 aromatic carbocycles. The summed E-state index contributed by atoms with van der Waals surface area (Å²) in [5.74, 6) is 0. The lowest BCUT2D eigenvalue weighted by molar-refractivity contribution is 0.600. The van der Waals surface area contributed by atoms with Crippen molar-refractivity contribution in [1.82, 2.24) is 0 Å². The molecule has 0 aliphatic heterocycles. The van der Waals surface area contributed by atoms with E-state index in [1.165, 1.54) is 6.07 Å². The summed E-state index contributed by atoms with van der Waals surface area (Å²) in [5, 5.41) is 3.36. The second-order valence-electron chi connectivity index (χ2n) is 4.34. The maximum Gasteiger partial charge on any atom is 0.262 e. The van der Waals surface area contributed by atoms with E-state index in [1.54, 1.807) is 50.4 Å². The molecule has 0 saturated carbocycles. The van der Waals surface area contributed by atoms with E-state index in [4.69, 9.17) is 11.6 Å². The molecule has 4 nitrogen and oxygen atoms in total. The van der Waals surface area contributed by atoms with Gasteiger partial charge in [0.2, 0.25) is 0 Å². The van der Waals surface area contributed by atoms with Crippen LogP contribution < -0.4 is 10.0 Å². The van der Waals surface area contributed by atoms with Gasteiger partial charge in [-0.25, -0.2) is 8.42 Å². The Morgan fingerprint density at radius 3 is 2.20 bits per heavy atom. The highest BCUT2D eigenvalue weighted by molar-refractivity contribution is 7.92. The van der Waals surface area contributed by atoms with Gasteiger partial charge in [0.05, 0.1) is 4.90 Å². The quantitative estimate of drug-likeness (QED) is 0.909. The molecule has 0 saturated heterocycles. The van der Waals surface area contributed by atoms with Gasteiger partial charge in [-0.1, -0.05) is 17.7 Å². The van der Waals surface area contributed by atoms with Crippen LogP contribution in [0.4, 0.5) is 11.4 Å². The molecule has 106 valence electrons. The number of hydrogen-bond donors (Lipinski definition) is 2. The number of hydrogen-bond acceptors (Lipinski definition) is 3. The Morgan fingerprint density at radius 1 is 1.00 bits per heavy atom. The SMILES string of the molecule is CNc1ccc(NS(=O)(=O)c2cc(Cl)ccc2C)cc1. The van der Waals surface area contributed by atoms with Gasteiger partial charge >= 0.3 is 0 Å². The van der Waals surface area contributed by atoms with Crippen molar-refractivity contribution in [3.05, 3.63) is 53.1 Å². The van der Waals surface area contributed by atoms with E-state index in [9.17, 15) is 8.42 Å². The van der Waals surface area contributed by atoms with Crippen LogP contribution in [0.1, 0.15) is 5.56 Å². The number of anilines is 2. The first-order valence-corrected chi connectivity index (χ1v) is 7.85. The molecule has 6 heteroatoms. The van der Waals surface area contributed by atoms with Crippen molar-refractivity contribution in [2.24, 2.45) is 0 Å². The number of rotatable bonds is 4. The molecular weight excluding hydrogens is 296 g/mol. The van der Waals surface area contributed by atoms with Crippen LogP contribution in [0.3, 0.4) is 0 Å². The molecule has 0 radical (unpaired) electrons. The number of nitrogens with one attached hydrogen (secondary N) is 2. The average Bonchev–Trinajstić information content (AvgIpc) is 2.42. The summed E-state index contributed by atoms with van der Waals surface area (Å²) in [4.78, 5) is 0.183. The van der Waals surface area contributed by atoms with Gasteiger partial charge in [0, 0.05) is 23.4 Å². The van der Waals surface area contributed by atoms with Crippen molar-refractivity contribution in [2.75, 3.05) is 17.1 Å². The van der Waals surface area contributed by atoms with Gasteiger partial charge in [-0.15, -0.1) is 0 Å². The Labute approximate surface area is 123 Å². The zero-order chi connectivity index (χ0) is 14.8. The summed E-state index contributed by atoms with van der Waals surface area (Å²) in [5.41, 5.74) is 2.06. The largest absolute Gasteiger partial charge is 0.388 e. The van der Waals surface area contributed by atoms with E-state index >= 15 is 0 Å². The number of halogens is 1. The molecule has 20 heavy (non-hydrogen) atoms. The molecule has 0 heterocycles. The fourth-order valence-corrected chi connectivity index (χ4v) is 3.35. The molecule has 0 bridgehead atoms. The lowest BCUT2D eigenvalue weighted by Crippen LogP contribution is -2.14. The summed E-state index contributed by atoms with van der Waals surface area (Å²) in [6.07, 6.45) is 0. The predicted molar refractivity (Wildman–Crippen MR) is 83.0 cm³/mol. The van der Waals surface area contributed by atoms with Crippen LogP contribution in [0, 0.1) is 6.92 Å². The Bertz CT molecular complexity index is 712. The molecular formula is C14H15ClN2O2S. The molecule has 0 atom stereocenters. The molecule has 0 fully saturated rings. The summed E-state index contributed by atoms with van der Waals surface area (Å²) in [7, 11) is -1.84. The van der Waals surface area contributed by atoms with Crippen LogP contribution in [-0.2, 0) is 10.0 Å². The fraction of sp³-hybridized carbons (Fsp3) is 0.143. The topological polar surface area (TPSA) is 58.2 Å². The number of sulfonamides is 1. The minimum Gasteiger partial charge on any atom is -0.388 e. The van der Waals surface area contributed by atoms with Crippen molar-refractivity contribution in [2.45, 2.75) is 11.8 Å². The van der Waals surface area contributed by atoms with Gasteiger partial charge in [-0.05, 0) is 48.9 Å². The van der Waals surface area contributed by atoms with E-state index in [0.29, 0.717) is 16.3 Å². The number of benzene rings is 2. The minimum atomic E-state index is -3.64. The fourth-order valence-electron chi connectivity index (χ4n) is 1.78. The molecule has 0 amide bonds. The van der Waals surface area contributed by atoms with Crippen molar-refractivity contribution in [1.29, 1.82) is 0 Å². The average molecular weight is 311 g/mol. The van der Waals surface area contributed by atoms with Gasteiger partial charge < -0.3 is 5.32 Å². The highest BCUT2D eigenvalue weighted by atomic mass is 35.5. The summed E-state index contributed by atoms with van der Waals surface area (Å²) in [6, 6.07) is 11.8. The van der Waals surface area contributed by atoms with Crippen LogP contribution in [0.5, 0.6) is 0 Å². The normalized spacial score (nSPS) is 11.2. The smallest absolute Gasteiger partial charge is 0.262 e. The van der Waals surface area contributed by atoms with E-state index < -0.39 is 10.0 Å². The molecule has 2 rings (SSSR count). The molecule has 2 N–H and O–H groups in total. The first-order chi connectivity index (χ1) is 9.42. The predicted octanol–water partition coefficient (Wildman–Crippen LogP) is 3.49. The third-order valence-corrected chi connectivity index (χ3v) is 4.62. The van der Waals surface area contributed by atoms with Crippen LogP contribution in [0.25, 0.3) is 0 Å². The minimum absolute atomic E-state index is 0.183. The van der Waals surface area contributed by atoms with Gasteiger partial charge in [-0.2, -0.15) is 0 Å². The van der Waals surface area contributed by atoms with Gasteiger partial charge in [0.1, 0.15) is 0 Å². The maximum absolute atomic E-state index is 12.3. The molecule has 2 aromatic rings. The molecule has 0 aromatic heterocycles. The van der Waals surface area contributed by atoms with Crippen molar-refractivity contribution >= 4 is 33.0 Å². The van der Waals surface area contributed by atoms with Crippen LogP contribution in [0.2, 0.25) is 5.02 Å². The van der Waals surface area contributed by atoms with E-state index in [-0.39, 0.29) is 4.90 Å². The van der Waals surface area contributed by atoms with Gasteiger partial charge in [0.25, 0.3) is 10.0 Å². The van der Waals surface area contributed by atoms with E-state index in [1.807, 2.05) is 0 Å². The maximum atomic E-state index is 12.3.